The van der Waals surface area contributed by atoms with E-state index in [1.807, 2.05) is 47.9 Å². The Balaban J connectivity index is 1.63. The minimum atomic E-state index is -0.839. The fourth-order valence-corrected chi connectivity index (χ4v) is 4.68. The van der Waals surface area contributed by atoms with Crippen LogP contribution in [-0.2, 0) is 4.79 Å². The van der Waals surface area contributed by atoms with Gasteiger partial charge in [0.25, 0.3) is 0 Å². The molecular formula is C19H15N5OS2. The summed E-state index contributed by atoms with van der Waals surface area (Å²) in [6, 6.07) is 12.1. The lowest BCUT2D eigenvalue weighted by Gasteiger charge is -2.08. The van der Waals surface area contributed by atoms with Gasteiger partial charge in [-0.3, -0.25) is 9.20 Å². The van der Waals surface area contributed by atoms with Crippen molar-refractivity contribution in [2.45, 2.75) is 24.9 Å². The number of benzene rings is 1. The second-order valence-electron chi connectivity index (χ2n) is 6.16. The van der Waals surface area contributed by atoms with Crippen LogP contribution in [0.1, 0.15) is 22.2 Å². The Morgan fingerprint density at radius 2 is 2.15 bits per heavy atom. The summed E-state index contributed by atoms with van der Waals surface area (Å²) in [5, 5.41) is 22.1. The van der Waals surface area contributed by atoms with Gasteiger partial charge in [0.05, 0.1) is 17.3 Å². The SMILES string of the molecule is Cc1csc(C(C#N)C(=O)CSc2nnc3cc(C)c4ccccc4n23)n1. The van der Waals surface area contributed by atoms with Crippen LogP contribution >= 0.6 is 23.1 Å². The molecule has 3 aromatic heterocycles. The van der Waals surface area contributed by atoms with Crippen molar-refractivity contribution in [2.75, 3.05) is 5.75 Å². The fourth-order valence-electron chi connectivity index (χ4n) is 2.96. The van der Waals surface area contributed by atoms with Crippen LogP contribution in [0.3, 0.4) is 0 Å². The van der Waals surface area contributed by atoms with Crippen molar-refractivity contribution in [2.24, 2.45) is 0 Å². The maximum Gasteiger partial charge on any atom is 0.196 e. The first kappa shape index (κ1) is 17.6. The Labute approximate surface area is 163 Å². The van der Waals surface area contributed by atoms with Crippen molar-refractivity contribution in [3.05, 3.63) is 52.0 Å². The number of nitrogens with zero attached hydrogens (tertiary/aromatic N) is 5. The van der Waals surface area contributed by atoms with Gasteiger partial charge in [0.2, 0.25) is 0 Å². The van der Waals surface area contributed by atoms with Gasteiger partial charge in [-0.1, -0.05) is 30.0 Å². The number of hydrogen-bond acceptors (Lipinski definition) is 7. The molecule has 27 heavy (non-hydrogen) atoms. The Hall–Kier alpha value is -2.76. The molecule has 0 aliphatic rings. The lowest BCUT2D eigenvalue weighted by atomic mass is 10.1. The summed E-state index contributed by atoms with van der Waals surface area (Å²) < 4.78 is 1.95. The number of nitriles is 1. The summed E-state index contributed by atoms with van der Waals surface area (Å²) in [7, 11) is 0. The molecule has 0 aliphatic carbocycles. The first-order valence-electron chi connectivity index (χ1n) is 8.29. The molecule has 0 amide bonds. The lowest BCUT2D eigenvalue weighted by molar-refractivity contribution is -0.116. The van der Waals surface area contributed by atoms with E-state index in [0.29, 0.717) is 10.2 Å². The second kappa shape index (κ2) is 7.10. The van der Waals surface area contributed by atoms with Crippen LogP contribution < -0.4 is 0 Å². The average Bonchev–Trinajstić information content (AvgIpc) is 3.27. The molecule has 0 bridgehead atoms. The van der Waals surface area contributed by atoms with Crippen LogP contribution in [0, 0.1) is 25.2 Å². The zero-order chi connectivity index (χ0) is 19.0. The number of rotatable bonds is 5. The monoisotopic (exact) mass is 393 g/mol. The highest BCUT2D eigenvalue weighted by Gasteiger charge is 2.24. The minimum Gasteiger partial charge on any atom is -0.297 e. The summed E-state index contributed by atoms with van der Waals surface area (Å²) in [4.78, 5) is 16.9. The number of hydrogen-bond donors (Lipinski definition) is 0. The number of aryl methyl sites for hydroxylation is 2. The van der Waals surface area contributed by atoms with Crippen LogP contribution in [0.2, 0.25) is 0 Å². The smallest absolute Gasteiger partial charge is 0.196 e. The molecule has 4 aromatic rings. The molecule has 4 rings (SSSR count). The van der Waals surface area contributed by atoms with Crippen LogP contribution in [0.25, 0.3) is 16.6 Å². The molecule has 1 unspecified atom stereocenters. The van der Waals surface area contributed by atoms with Crippen molar-refractivity contribution in [1.82, 2.24) is 19.6 Å². The van der Waals surface area contributed by atoms with Gasteiger partial charge in [-0.15, -0.1) is 21.5 Å². The van der Waals surface area contributed by atoms with E-state index < -0.39 is 5.92 Å². The van der Waals surface area contributed by atoms with Gasteiger partial charge in [-0.2, -0.15) is 5.26 Å². The summed E-state index contributed by atoms with van der Waals surface area (Å²) in [6.45, 7) is 3.89. The highest BCUT2D eigenvalue weighted by atomic mass is 32.2. The molecule has 0 aliphatic heterocycles. The number of fused-ring (bicyclic) bond motifs is 3. The Kier molecular flexibility index (Phi) is 4.64. The third-order valence-corrected chi connectivity index (χ3v) is 6.23. The maximum atomic E-state index is 12.6. The van der Waals surface area contributed by atoms with E-state index in [9.17, 15) is 10.1 Å². The average molecular weight is 393 g/mol. The highest BCUT2D eigenvalue weighted by molar-refractivity contribution is 7.99. The predicted molar refractivity (Wildman–Crippen MR) is 106 cm³/mol. The summed E-state index contributed by atoms with van der Waals surface area (Å²) in [5.74, 6) is -0.876. The largest absolute Gasteiger partial charge is 0.297 e. The molecule has 1 aromatic carbocycles. The number of pyridine rings is 1. The maximum absolute atomic E-state index is 12.6. The zero-order valence-corrected chi connectivity index (χ0v) is 16.3. The molecule has 0 fully saturated rings. The fraction of sp³-hybridized carbons (Fsp3) is 0.211. The van der Waals surface area contributed by atoms with E-state index in [2.05, 4.69) is 27.3 Å². The topological polar surface area (TPSA) is 83.9 Å². The zero-order valence-electron chi connectivity index (χ0n) is 14.7. The molecule has 3 heterocycles. The quantitative estimate of drug-likeness (QED) is 0.478. The number of carbonyl (C=O) groups is 1. The standard InChI is InChI=1S/C19H15N5OS2/c1-11-7-17-22-23-19(24(17)15-6-4-3-5-13(11)15)27-10-16(25)14(8-20)18-21-12(2)9-26-18/h3-7,9,14H,10H2,1-2H3. The van der Waals surface area contributed by atoms with Gasteiger partial charge < -0.3 is 0 Å². The van der Waals surface area contributed by atoms with Gasteiger partial charge in [0.1, 0.15) is 5.01 Å². The number of aromatic nitrogens is 4. The van der Waals surface area contributed by atoms with Crippen molar-refractivity contribution in [3.8, 4) is 6.07 Å². The normalized spacial score (nSPS) is 12.3. The van der Waals surface area contributed by atoms with Crippen LogP contribution in [0.15, 0.2) is 40.9 Å². The van der Waals surface area contributed by atoms with Crippen LogP contribution in [0.5, 0.6) is 0 Å². The van der Waals surface area contributed by atoms with E-state index in [4.69, 9.17) is 0 Å². The number of thiazole rings is 1. The van der Waals surface area contributed by atoms with E-state index in [0.717, 1.165) is 27.8 Å². The van der Waals surface area contributed by atoms with Gasteiger partial charge >= 0.3 is 0 Å². The van der Waals surface area contributed by atoms with Crippen molar-refractivity contribution in [3.63, 3.8) is 0 Å². The summed E-state index contributed by atoms with van der Waals surface area (Å²) in [5.41, 5.74) is 3.69. The molecule has 0 N–H and O–H groups in total. The van der Waals surface area contributed by atoms with Crippen LogP contribution in [-0.4, -0.2) is 31.1 Å². The van der Waals surface area contributed by atoms with Crippen molar-refractivity contribution >= 4 is 45.4 Å². The van der Waals surface area contributed by atoms with Crippen molar-refractivity contribution < 1.29 is 4.79 Å². The third-order valence-electron chi connectivity index (χ3n) is 4.25. The molecule has 8 heteroatoms. The highest BCUT2D eigenvalue weighted by Crippen LogP contribution is 2.27. The molecule has 0 spiro atoms. The Bertz CT molecular complexity index is 1200. The van der Waals surface area contributed by atoms with Gasteiger partial charge in [0, 0.05) is 16.5 Å². The van der Waals surface area contributed by atoms with Crippen LogP contribution in [0.4, 0.5) is 0 Å². The molecular weight excluding hydrogens is 378 g/mol. The number of ketones is 1. The van der Waals surface area contributed by atoms with E-state index in [1.165, 1.54) is 23.1 Å². The Morgan fingerprint density at radius 1 is 1.33 bits per heavy atom. The molecule has 0 saturated heterocycles. The predicted octanol–water partition coefficient (Wildman–Crippen LogP) is 3.92. The van der Waals surface area contributed by atoms with Crippen molar-refractivity contribution in [1.29, 1.82) is 5.26 Å². The number of Topliss-reactive ketones (excluding diaryl/α,β-unsaturated/α-hetero) is 1. The molecule has 6 nitrogen and oxygen atoms in total. The van der Waals surface area contributed by atoms with Gasteiger partial charge in [-0.25, -0.2) is 4.98 Å². The third kappa shape index (κ3) is 3.20. The molecule has 134 valence electrons. The van der Waals surface area contributed by atoms with E-state index >= 15 is 0 Å². The minimum absolute atomic E-state index is 0.139. The van der Waals surface area contributed by atoms with Gasteiger partial charge in [-0.05, 0) is 31.5 Å². The number of carbonyl (C=O) groups excluding carboxylic acids is 1. The molecule has 0 saturated carbocycles. The second-order valence-corrected chi connectivity index (χ2v) is 8.00. The first-order chi connectivity index (χ1) is 13.1. The summed E-state index contributed by atoms with van der Waals surface area (Å²) in [6.07, 6.45) is 0. The first-order valence-corrected chi connectivity index (χ1v) is 10.2. The van der Waals surface area contributed by atoms with E-state index in [-0.39, 0.29) is 11.5 Å². The number of thioether (sulfide) groups is 1. The number of para-hydroxylation sites is 1. The van der Waals surface area contributed by atoms with E-state index in [1.54, 1.807) is 0 Å². The molecule has 1 atom stereocenters. The Morgan fingerprint density at radius 3 is 2.89 bits per heavy atom. The lowest BCUT2D eigenvalue weighted by Crippen LogP contribution is -2.13. The van der Waals surface area contributed by atoms with Gasteiger partial charge in [0.15, 0.2) is 22.5 Å². The molecule has 0 radical (unpaired) electrons. The summed E-state index contributed by atoms with van der Waals surface area (Å²) >= 11 is 2.64.